The number of rotatable bonds is 14. The van der Waals surface area contributed by atoms with E-state index in [4.69, 9.17) is 18.9 Å². The average Bonchev–Trinajstić information content (AvgIpc) is 2.63. The minimum Gasteiger partial charge on any atom is -0.465 e. The number of hydrogen-bond acceptors (Lipinski definition) is 6. The Kier molecular flexibility index (Phi) is 15.5. The van der Waals surface area contributed by atoms with Gasteiger partial charge in [-0.1, -0.05) is 40.0 Å². The molecule has 0 rings (SSSR count). The van der Waals surface area contributed by atoms with Crippen LogP contribution in [0.25, 0.3) is 0 Å². The van der Waals surface area contributed by atoms with Gasteiger partial charge in [-0.3, -0.25) is 9.59 Å². The third kappa shape index (κ3) is 13.6. The van der Waals surface area contributed by atoms with Gasteiger partial charge in [0.25, 0.3) is 0 Å². The van der Waals surface area contributed by atoms with E-state index in [1.165, 1.54) is 0 Å². The molecule has 0 saturated heterocycles. The zero-order valence-electron chi connectivity index (χ0n) is 18.4. The lowest BCUT2D eigenvalue weighted by molar-refractivity contribution is -0.163. The molecule has 6 heteroatoms. The van der Waals surface area contributed by atoms with Crippen LogP contribution in [-0.2, 0) is 28.5 Å². The van der Waals surface area contributed by atoms with E-state index in [0.717, 1.165) is 6.42 Å². The quantitative estimate of drug-likeness (QED) is 0.145. The number of carbonyl (C=O) groups is 2. The van der Waals surface area contributed by atoms with E-state index in [1.807, 2.05) is 41.5 Å². The molecule has 0 aromatic carbocycles. The molecule has 0 N–H and O–H groups in total. The largest absolute Gasteiger partial charge is 0.465 e. The molecule has 6 nitrogen and oxygen atoms in total. The minimum atomic E-state index is -0.870. The van der Waals surface area contributed by atoms with Gasteiger partial charge in [0.1, 0.15) is 0 Å². The van der Waals surface area contributed by atoms with Crippen LogP contribution < -0.4 is 0 Å². The van der Waals surface area contributed by atoms with Crippen molar-refractivity contribution in [2.24, 2.45) is 17.8 Å². The van der Waals surface area contributed by atoms with Gasteiger partial charge in [-0.05, 0) is 44.4 Å². The van der Waals surface area contributed by atoms with E-state index < -0.39 is 24.1 Å². The number of carbonyl (C=O) groups excluding carboxylic acids is 2. The average molecular weight is 399 g/mol. The van der Waals surface area contributed by atoms with Crippen molar-refractivity contribution in [1.82, 2.24) is 0 Å². The predicted octanol–water partition coefficient (Wildman–Crippen LogP) is 3.96. The highest BCUT2D eigenvalue weighted by molar-refractivity contribution is 5.94. The molecule has 0 unspecified atom stereocenters. The summed E-state index contributed by atoms with van der Waals surface area (Å²) in [6, 6.07) is 0. The van der Waals surface area contributed by atoms with Crippen LogP contribution in [0.1, 0.15) is 67.2 Å². The Morgan fingerprint density at radius 2 is 1.32 bits per heavy atom. The molecule has 0 aliphatic carbocycles. The van der Waals surface area contributed by atoms with Crippen LogP contribution in [0.2, 0.25) is 0 Å². The SMILES string of the molecule is CCOC(C#CCCCCC(C(=O)OCC(C)C)C(=O)OCC(C)C)OCC. The van der Waals surface area contributed by atoms with Crippen LogP contribution in [0, 0.1) is 29.6 Å². The van der Waals surface area contributed by atoms with E-state index in [0.29, 0.717) is 45.7 Å². The first kappa shape index (κ1) is 26.4. The molecule has 0 aromatic heterocycles. The monoisotopic (exact) mass is 398 g/mol. The first-order valence-electron chi connectivity index (χ1n) is 10.4. The van der Waals surface area contributed by atoms with Crippen molar-refractivity contribution in [3.05, 3.63) is 0 Å². The van der Waals surface area contributed by atoms with Crippen molar-refractivity contribution in [3.8, 4) is 11.8 Å². The first-order valence-corrected chi connectivity index (χ1v) is 10.4. The molecule has 0 atom stereocenters. The van der Waals surface area contributed by atoms with Gasteiger partial charge in [-0.2, -0.15) is 0 Å². The lowest BCUT2D eigenvalue weighted by Crippen LogP contribution is -2.29. The van der Waals surface area contributed by atoms with Crippen molar-refractivity contribution in [2.45, 2.75) is 73.5 Å². The van der Waals surface area contributed by atoms with Crippen LogP contribution in [0.3, 0.4) is 0 Å². The van der Waals surface area contributed by atoms with Gasteiger partial charge in [0, 0.05) is 19.6 Å². The Morgan fingerprint density at radius 1 is 0.821 bits per heavy atom. The zero-order chi connectivity index (χ0) is 21.4. The summed E-state index contributed by atoms with van der Waals surface area (Å²) in [6.45, 7) is 13.3. The van der Waals surface area contributed by atoms with E-state index in [1.54, 1.807) is 0 Å². The lowest BCUT2D eigenvalue weighted by atomic mass is 10.0. The Morgan fingerprint density at radius 3 is 1.75 bits per heavy atom. The molecule has 0 amide bonds. The molecule has 0 radical (unpaired) electrons. The first-order chi connectivity index (χ1) is 13.3. The van der Waals surface area contributed by atoms with Crippen LogP contribution in [0.5, 0.6) is 0 Å². The van der Waals surface area contributed by atoms with Gasteiger partial charge in [0.2, 0.25) is 6.29 Å². The Bertz CT molecular complexity index is 459. The standard InChI is InChI=1S/C22H38O6/c1-7-25-20(26-8-2)14-12-10-9-11-13-19(21(23)27-15-17(3)4)22(24)28-16-18(5)6/h17-20H,7-11,13,15-16H2,1-6H3. The molecule has 0 fully saturated rings. The number of esters is 2. The second-order valence-electron chi connectivity index (χ2n) is 7.41. The second kappa shape index (κ2) is 16.4. The summed E-state index contributed by atoms with van der Waals surface area (Å²) in [7, 11) is 0. The highest BCUT2D eigenvalue weighted by atomic mass is 16.7. The summed E-state index contributed by atoms with van der Waals surface area (Å²) in [5.41, 5.74) is 0. The highest BCUT2D eigenvalue weighted by Crippen LogP contribution is 2.15. The van der Waals surface area contributed by atoms with Crippen LogP contribution in [-0.4, -0.2) is 44.7 Å². The molecule has 0 saturated carbocycles. The Labute approximate surface area is 170 Å². The maximum Gasteiger partial charge on any atom is 0.320 e. The zero-order valence-corrected chi connectivity index (χ0v) is 18.4. The van der Waals surface area contributed by atoms with Crippen molar-refractivity contribution < 1.29 is 28.5 Å². The molecule has 0 spiro atoms. The van der Waals surface area contributed by atoms with Gasteiger partial charge in [0.15, 0.2) is 5.92 Å². The maximum atomic E-state index is 12.3. The molecular formula is C22H38O6. The maximum absolute atomic E-state index is 12.3. The van der Waals surface area contributed by atoms with Gasteiger partial charge in [-0.25, -0.2) is 0 Å². The third-order valence-corrected chi connectivity index (χ3v) is 3.59. The summed E-state index contributed by atoms with van der Waals surface area (Å²) in [5.74, 6) is 4.55. The third-order valence-electron chi connectivity index (χ3n) is 3.59. The second-order valence-corrected chi connectivity index (χ2v) is 7.41. The molecule has 162 valence electrons. The summed E-state index contributed by atoms with van der Waals surface area (Å²) in [4.78, 5) is 24.6. The van der Waals surface area contributed by atoms with Gasteiger partial charge in [-0.15, -0.1) is 0 Å². The smallest absolute Gasteiger partial charge is 0.320 e. The van der Waals surface area contributed by atoms with Crippen molar-refractivity contribution in [3.63, 3.8) is 0 Å². The van der Waals surface area contributed by atoms with Crippen molar-refractivity contribution >= 4 is 11.9 Å². The molecule has 0 heterocycles. The normalized spacial score (nSPS) is 11.1. The molecule has 0 aromatic rings. The van der Waals surface area contributed by atoms with Crippen LogP contribution >= 0.6 is 0 Å². The Balaban J connectivity index is 4.54. The fourth-order valence-corrected chi connectivity index (χ4v) is 2.18. The highest BCUT2D eigenvalue weighted by Gasteiger charge is 2.29. The molecular weight excluding hydrogens is 360 g/mol. The Hall–Kier alpha value is -1.58. The molecule has 0 aliphatic heterocycles. The minimum absolute atomic E-state index is 0.218. The summed E-state index contributed by atoms with van der Waals surface area (Å²) >= 11 is 0. The molecule has 0 bridgehead atoms. The van der Waals surface area contributed by atoms with E-state index in [2.05, 4.69) is 11.8 Å². The number of ether oxygens (including phenoxy) is 4. The van der Waals surface area contributed by atoms with E-state index in [9.17, 15) is 9.59 Å². The summed E-state index contributed by atoms with van der Waals surface area (Å²) in [5, 5.41) is 0. The van der Waals surface area contributed by atoms with Crippen molar-refractivity contribution in [2.75, 3.05) is 26.4 Å². The van der Waals surface area contributed by atoms with Crippen molar-refractivity contribution in [1.29, 1.82) is 0 Å². The van der Waals surface area contributed by atoms with Gasteiger partial charge >= 0.3 is 11.9 Å². The van der Waals surface area contributed by atoms with Crippen LogP contribution in [0.4, 0.5) is 0 Å². The van der Waals surface area contributed by atoms with Gasteiger partial charge in [0.05, 0.1) is 13.2 Å². The number of unbranched alkanes of at least 4 members (excludes halogenated alkanes) is 2. The molecule has 0 aliphatic rings. The fourth-order valence-electron chi connectivity index (χ4n) is 2.18. The van der Waals surface area contributed by atoms with Crippen LogP contribution in [0.15, 0.2) is 0 Å². The topological polar surface area (TPSA) is 71.1 Å². The van der Waals surface area contributed by atoms with Gasteiger partial charge < -0.3 is 18.9 Å². The summed E-state index contributed by atoms with van der Waals surface area (Å²) in [6.07, 6.45) is 1.99. The predicted molar refractivity (Wildman–Crippen MR) is 108 cm³/mol. The summed E-state index contributed by atoms with van der Waals surface area (Å²) < 4.78 is 21.2. The van der Waals surface area contributed by atoms with E-state index in [-0.39, 0.29) is 11.8 Å². The van der Waals surface area contributed by atoms with E-state index >= 15 is 0 Å². The molecule has 28 heavy (non-hydrogen) atoms. The number of hydrogen-bond donors (Lipinski definition) is 0. The lowest BCUT2D eigenvalue weighted by Gasteiger charge is -2.17. The fraction of sp³-hybridized carbons (Fsp3) is 0.818.